The molecule has 0 aliphatic carbocycles. The third kappa shape index (κ3) is 5.56. The van der Waals surface area contributed by atoms with Crippen LogP contribution in [0.4, 0.5) is 0 Å². The van der Waals surface area contributed by atoms with Gasteiger partial charge in [0.2, 0.25) is 0 Å². The van der Waals surface area contributed by atoms with Gasteiger partial charge in [-0.15, -0.1) is 0 Å². The molecule has 5 heteroatoms. The van der Waals surface area contributed by atoms with Crippen LogP contribution in [0.5, 0.6) is 0 Å². The van der Waals surface area contributed by atoms with Crippen molar-refractivity contribution in [1.82, 2.24) is 0 Å². The second-order valence-corrected chi connectivity index (χ2v) is 1.44. The smallest absolute Gasteiger partial charge is 0.0672 e. The first kappa shape index (κ1) is 12.1. The molecule has 0 spiro atoms. The van der Waals surface area contributed by atoms with Crippen molar-refractivity contribution in [2.24, 2.45) is 0 Å². The van der Waals surface area contributed by atoms with Crippen LogP contribution in [0.15, 0.2) is 12.2 Å². The summed E-state index contributed by atoms with van der Waals surface area (Å²) in [4.78, 5) is 19.4. The van der Waals surface area contributed by atoms with Crippen molar-refractivity contribution in [2.75, 3.05) is 0 Å². The Hall–Kier alpha value is -0.580. The summed E-state index contributed by atoms with van der Waals surface area (Å²) in [7, 11) is 0. The molecule has 0 aliphatic rings. The molecule has 0 fully saturated rings. The minimum atomic E-state index is -1.56. The van der Waals surface area contributed by atoms with Gasteiger partial charge in [0.05, 0.1) is 5.97 Å². The molecule has 0 atom stereocenters. The first-order valence-electron chi connectivity index (χ1n) is 2.13. The van der Waals surface area contributed by atoms with Gasteiger partial charge in [0.1, 0.15) is 0 Å². The normalized spacial score (nSPS) is 7.60. The summed E-state index contributed by atoms with van der Waals surface area (Å²) < 4.78 is 0. The molecule has 0 N–H and O–H groups in total. The van der Waals surface area contributed by atoms with Crippen LogP contribution in [0.25, 0.3) is 0 Å². The van der Waals surface area contributed by atoms with Gasteiger partial charge in [-0.05, 0) is 5.57 Å². The molecular weight excluding hydrogens is 232 g/mol. The molecule has 0 aromatic heterocycles. The topological polar surface area (TPSA) is 80.3 Å². The maximum Gasteiger partial charge on any atom is 0.0672 e. The summed E-state index contributed by atoms with van der Waals surface area (Å²) in [6.45, 7) is 2.91. The summed E-state index contributed by atoms with van der Waals surface area (Å²) in [6, 6.07) is 0. The Labute approximate surface area is 73.1 Å². The van der Waals surface area contributed by atoms with E-state index >= 15 is 0 Å². The molecule has 0 saturated carbocycles. The number of rotatable bonds is 3. The quantitative estimate of drug-likeness (QED) is 0.398. The van der Waals surface area contributed by atoms with E-state index in [0.717, 1.165) is 0 Å². The van der Waals surface area contributed by atoms with Crippen molar-refractivity contribution in [3.8, 4) is 0 Å². The van der Waals surface area contributed by atoms with Crippen LogP contribution in [0.3, 0.4) is 0 Å². The Bertz CT molecular complexity index is 163. The van der Waals surface area contributed by atoms with Gasteiger partial charge >= 0.3 is 0 Å². The van der Waals surface area contributed by atoms with Gasteiger partial charge < -0.3 is 19.8 Å². The zero-order valence-corrected chi connectivity index (χ0v) is 6.33. The van der Waals surface area contributed by atoms with Gasteiger partial charge in [0.25, 0.3) is 0 Å². The summed E-state index contributed by atoms with van der Waals surface area (Å²) in [5, 5.41) is 19.4. The molecule has 0 amide bonds. The number of carbonyl (C=O) groups excluding carboxylic acids is 2. The number of aliphatic carboxylic acids is 2. The number of carbonyl (C=O) groups is 2. The molecule has 61 valence electrons. The van der Waals surface area contributed by atoms with Gasteiger partial charge in [0.15, 0.2) is 0 Å². The van der Waals surface area contributed by atoms with Crippen LogP contribution in [-0.2, 0) is 32.0 Å². The van der Waals surface area contributed by atoms with Crippen LogP contribution in [0.1, 0.15) is 6.42 Å². The number of carboxylic acids is 2. The van der Waals surface area contributed by atoms with Crippen molar-refractivity contribution in [1.29, 1.82) is 0 Å². The van der Waals surface area contributed by atoms with Crippen LogP contribution < -0.4 is 10.2 Å². The molecule has 0 unspecified atom stereocenters. The molecular formula is C5H4AgO4-2. The molecule has 0 bridgehead atoms. The molecule has 0 aromatic carbocycles. The van der Waals surface area contributed by atoms with Crippen molar-refractivity contribution >= 4 is 11.9 Å². The fourth-order valence-corrected chi connectivity index (χ4v) is 0.246. The Morgan fingerprint density at radius 3 is 1.80 bits per heavy atom. The van der Waals surface area contributed by atoms with E-state index in [0.29, 0.717) is 0 Å². The predicted octanol–water partition coefficient (Wildman–Crippen LogP) is -2.57. The van der Waals surface area contributed by atoms with Crippen molar-refractivity contribution < 1.29 is 42.2 Å². The van der Waals surface area contributed by atoms with E-state index in [4.69, 9.17) is 0 Å². The van der Waals surface area contributed by atoms with Crippen molar-refractivity contribution in [3.05, 3.63) is 12.2 Å². The van der Waals surface area contributed by atoms with Gasteiger partial charge in [-0.1, -0.05) is 6.58 Å². The van der Waals surface area contributed by atoms with E-state index in [1.165, 1.54) is 0 Å². The zero-order valence-electron chi connectivity index (χ0n) is 4.85. The largest absolute Gasteiger partial charge is 0.550 e. The minimum Gasteiger partial charge on any atom is -0.550 e. The average molecular weight is 236 g/mol. The van der Waals surface area contributed by atoms with E-state index in [2.05, 4.69) is 6.58 Å². The molecule has 4 nitrogen and oxygen atoms in total. The molecule has 10 heavy (non-hydrogen) atoms. The SMILES string of the molecule is C=C(CC(=O)[O-])C(=O)[O-].[Ag]. The Morgan fingerprint density at radius 1 is 1.30 bits per heavy atom. The van der Waals surface area contributed by atoms with Gasteiger partial charge in [-0.25, -0.2) is 0 Å². The van der Waals surface area contributed by atoms with Crippen LogP contribution in [0.2, 0.25) is 0 Å². The van der Waals surface area contributed by atoms with Crippen LogP contribution in [-0.4, -0.2) is 11.9 Å². The van der Waals surface area contributed by atoms with E-state index in [1.54, 1.807) is 0 Å². The first-order valence-corrected chi connectivity index (χ1v) is 2.13. The molecule has 0 heterocycles. The van der Waals surface area contributed by atoms with Gasteiger partial charge in [0, 0.05) is 34.8 Å². The Morgan fingerprint density at radius 2 is 1.70 bits per heavy atom. The third-order valence-electron chi connectivity index (χ3n) is 0.646. The summed E-state index contributed by atoms with van der Waals surface area (Å²) in [5.74, 6) is -3.02. The van der Waals surface area contributed by atoms with E-state index in [-0.39, 0.29) is 22.4 Å². The van der Waals surface area contributed by atoms with E-state index in [9.17, 15) is 19.8 Å². The molecule has 0 saturated heterocycles. The number of hydrogen-bond acceptors (Lipinski definition) is 4. The maximum absolute atomic E-state index is 9.73. The standard InChI is InChI=1S/C5H6O4.Ag/c1-3(5(8)9)2-4(6)7;/h1-2H2,(H,6,7)(H,8,9);/p-2. The van der Waals surface area contributed by atoms with Crippen LogP contribution >= 0.6 is 0 Å². The second kappa shape index (κ2) is 5.22. The predicted molar refractivity (Wildman–Crippen MR) is 23.8 cm³/mol. The molecule has 0 rings (SSSR count). The molecule has 0 aromatic rings. The minimum absolute atomic E-state index is 0. The molecule has 1 radical (unpaired) electrons. The van der Waals surface area contributed by atoms with Crippen molar-refractivity contribution in [2.45, 2.75) is 6.42 Å². The summed E-state index contributed by atoms with van der Waals surface area (Å²) >= 11 is 0. The molecule has 0 aliphatic heterocycles. The van der Waals surface area contributed by atoms with Gasteiger partial charge in [-0.3, -0.25) is 0 Å². The van der Waals surface area contributed by atoms with Gasteiger partial charge in [-0.2, -0.15) is 0 Å². The average Bonchev–Trinajstić information content (AvgIpc) is 1.63. The zero-order chi connectivity index (χ0) is 7.44. The number of carboxylic acid groups (broad SMARTS) is 2. The van der Waals surface area contributed by atoms with E-state index < -0.39 is 23.9 Å². The van der Waals surface area contributed by atoms with Crippen molar-refractivity contribution in [3.63, 3.8) is 0 Å². The summed E-state index contributed by atoms with van der Waals surface area (Å²) in [5.41, 5.74) is -0.477. The maximum atomic E-state index is 9.73. The Kier molecular flexibility index (Phi) is 6.34. The van der Waals surface area contributed by atoms with Crippen LogP contribution in [0, 0.1) is 0 Å². The fourth-order valence-electron chi connectivity index (χ4n) is 0.246. The second-order valence-electron chi connectivity index (χ2n) is 1.44. The number of hydrogen-bond donors (Lipinski definition) is 0. The summed E-state index contributed by atoms with van der Waals surface area (Å²) in [6.07, 6.45) is -0.678. The fraction of sp³-hybridized carbons (Fsp3) is 0.200. The third-order valence-corrected chi connectivity index (χ3v) is 0.646. The monoisotopic (exact) mass is 235 g/mol. The first-order chi connectivity index (χ1) is 4.04. The Balaban J connectivity index is 0. The van der Waals surface area contributed by atoms with E-state index in [1.807, 2.05) is 0 Å².